The van der Waals surface area contributed by atoms with Gasteiger partial charge in [-0.15, -0.1) is 0 Å². The number of aliphatic carboxylic acids is 1. The Morgan fingerprint density at radius 2 is 1.94 bits per heavy atom. The van der Waals surface area contributed by atoms with Gasteiger partial charge in [-0.2, -0.15) is 13.1 Å². The number of rotatable bonds is 8. The fourth-order valence-electron chi connectivity index (χ4n) is 2.08. The van der Waals surface area contributed by atoms with E-state index in [2.05, 4.69) is 9.44 Å². The molecule has 1 aliphatic rings. The quantitative estimate of drug-likeness (QED) is 0.530. The molecular formula is C10H20N2O5S. The summed E-state index contributed by atoms with van der Waals surface area (Å²) < 4.78 is 32.4. The number of carbonyl (C=O) groups is 1. The van der Waals surface area contributed by atoms with Crippen LogP contribution >= 0.6 is 0 Å². The number of carboxylic acids is 1. The van der Waals surface area contributed by atoms with Gasteiger partial charge >= 0.3 is 5.97 Å². The lowest BCUT2D eigenvalue weighted by molar-refractivity contribution is -0.148. The van der Waals surface area contributed by atoms with Crippen molar-refractivity contribution >= 4 is 16.2 Å². The summed E-state index contributed by atoms with van der Waals surface area (Å²) >= 11 is 0. The van der Waals surface area contributed by atoms with Crippen molar-refractivity contribution in [3.63, 3.8) is 0 Å². The van der Waals surface area contributed by atoms with Crippen LogP contribution in [0.25, 0.3) is 0 Å². The first-order valence-electron chi connectivity index (χ1n) is 5.88. The summed E-state index contributed by atoms with van der Waals surface area (Å²) in [6, 6.07) is 0. The second kappa shape index (κ2) is 6.46. The van der Waals surface area contributed by atoms with Gasteiger partial charge in [0, 0.05) is 20.2 Å². The van der Waals surface area contributed by atoms with E-state index in [1.165, 1.54) is 7.11 Å². The van der Waals surface area contributed by atoms with Crippen molar-refractivity contribution in [1.29, 1.82) is 0 Å². The van der Waals surface area contributed by atoms with Crippen LogP contribution in [0, 0.1) is 5.41 Å². The molecule has 0 spiro atoms. The van der Waals surface area contributed by atoms with Gasteiger partial charge in [-0.25, -0.2) is 4.72 Å². The third-order valence-electron chi connectivity index (χ3n) is 3.21. The molecule has 0 aromatic carbocycles. The lowest BCUT2D eigenvalue weighted by Crippen LogP contribution is -2.46. The minimum Gasteiger partial charge on any atom is -0.481 e. The summed E-state index contributed by atoms with van der Waals surface area (Å²) in [6.07, 6.45) is 2.68. The maximum atomic E-state index is 11.6. The first-order valence-corrected chi connectivity index (χ1v) is 7.37. The molecule has 0 aliphatic heterocycles. The molecule has 0 atom stereocenters. The minimum absolute atomic E-state index is 0.0648. The predicted octanol–water partition coefficient (Wildman–Crippen LogP) is -0.298. The van der Waals surface area contributed by atoms with Crippen LogP contribution in [0.15, 0.2) is 0 Å². The molecule has 0 amide bonds. The lowest BCUT2D eigenvalue weighted by Gasteiger charge is -2.23. The Bertz CT molecular complexity index is 376. The van der Waals surface area contributed by atoms with Crippen molar-refractivity contribution in [2.24, 2.45) is 5.41 Å². The standard InChI is InChI=1S/C10H20N2O5S/c1-17-7-6-11-18(15,16)12-8-10(9(13)14)4-2-3-5-10/h11-12H,2-8H2,1H3,(H,13,14). The molecule has 0 radical (unpaired) electrons. The van der Waals surface area contributed by atoms with Crippen LogP contribution in [0.1, 0.15) is 25.7 Å². The van der Waals surface area contributed by atoms with Crippen LogP contribution in [-0.2, 0) is 19.7 Å². The third kappa shape index (κ3) is 4.20. The van der Waals surface area contributed by atoms with Crippen molar-refractivity contribution in [3.05, 3.63) is 0 Å². The molecule has 7 nitrogen and oxygen atoms in total. The van der Waals surface area contributed by atoms with Crippen molar-refractivity contribution < 1.29 is 23.1 Å². The fourth-order valence-corrected chi connectivity index (χ4v) is 3.00. The van der Waals surface area contributed by atoms with Gasteiger partial charge in [0.05, 0.1) is 12.0 Å². The van der Waals surface area contributed by atoms with Gasteiger partial charge in [-0.3, -0.25) is 4.79 Å². The van der Waals surface area contributed by atoms with Gasteiger partial charge in [0.2, 0.25) is 0 Å². The minimum atomic E-state index is -3.66. The smallest absolute Gasteiger partial charge is 0.310 e. The SMILES string of the molecule is COCCNS(=O)(=O)NCC1(C(=O)O)CCCC1. The number of methoxy groups -OCH3 is 1. The molecule has 1 fully saturated rings. The summed E-state index contributed by atoms with van der Waals surface area (Å²) in [6.45, 7) is 0.363. The average Bonchev–Trinajstić information content (AvgIpc) is 2.77. The Morgan fingerprint density at radius 3 is 2.44 bits per heavy atom. The van der Waals surface area contributed by atoms with Crippen molar-refractivity contribution in [1.82, 2.24) is 9.44 Å². The number of hydrogen-bond donors (Lipinski definition) is 3. The Hall–Kier alpha value is -0.700. The van der Waals surface area contributed by atoms with E-state index in [1.807, 2.05) is 0 Å². The summed E-state index contributed by atoms with van der Waals surface area (Å²) in [4.78, 5) is 11.2. The average molecular weight is 280 g/mol. The van der Waals surface area contributed by atoms with E-state index < -0.39 is 21.6 Å². The second-order valence-electron chi connectivity index (χ2n) is 4.50. The molecule has 0 saturated heterocycles. The predicted molar refractivity (Wildman–Crippen MR) is 65.3 cm³/mol. The maximum absolute atomic E-state index is 11.6. The summed E-state index contributed by atoms with van der Waals surface area (Å²) in [5.41, 5.74) is -0.948. The highest BCUT2D eigenvalue weighted by Gasteiger charge is 2.41. The van der Waals surface area contributed by atoms with Gasteiger partial charge in [0.25, 0.3) is 10.2 Å². The van der Waals surface area contributed by atoms with Crippen molar-refractivity contribution in [3.8, 4) is 0 Å². The zero-order chi connectivity index (χ0) is 13.6. The largest absolute Gasteiger partial charge is 0.481 e. The van der Waals surface area contributed by atoms with E-state index in [-0.39, 0.29) is 19.7 Å². The van der Waals surface area contributed by atoms with Crippen LogP contribution in [0.2, 0.25) is 0 Å². The first kappa shape index (κ1) is 15.4. The van der Waals surface area contributed by atoms with E-state index >= 15 is 0 Å². The molecule has 0 aromatic rings. The number of nitrogens with one attached hydrogen (secondary N) is 2. The normalized spacial score (nSPS) is 18.9. The molecule has 1 saturated carbocycles. The van der Waals surface area contributed by atoms with E-state index in [1.54, 1.807) is 0 Å². The van der Waals surface area contributed by atoms with Crippen LogP contribution in [-0.4, -0.2) is 46.3 Å². The highest BCUT2D eigenvalue weighted by molar-refractivity contribution is 7.87. The van der Waals surface area contributed by atoms with Gasteiger partial charge < -0.3 is 9.84 Å². The molecular weight excluding hydrogens is 260 g/mol. The fraction of sp³-hybridized carbons (Fsp3) is 0.900. The molecule has 3 N–H and O–H groups in total. The van der Waals surface area contributed by atoms with Gasteiger partial charge in [0.15, 0.2) is 0 Å². The maximum Gasteiger partial charge on any atom is 0.310 e. The topological polar surface area (TPSA) is 105 Å². The number of carboxylic acid groups (broad SMARTS) is 1. The molecule has 8 heteroatoms. The Morgan fingerprint density at radius 1 is 1.33 bits per heavy atom. The zero-order valence-corrected chi connectivity index (χ0v) is 11.3. The zero-order valence-electron chi connectivity index (χ0n) is 10.4. The van der Waals surface area contributed by atoms with Crippen LogP contribution in [0.5, 0.6) is 0 Å². The Kier molecular flexibility index (Phi) is 5.51. The molecule has 1 rings (SSSR count). The summed E-state index contributed by atoms with van der Waals surface area (Å²) in [5.74, 6) is -0.931. The third-order valence-corrected chi connectivity index (χ3v) is 4.32. The van der Waals surface area contributed by atoms with E-state index in [0.717, 1.165) is 12.8 Å². The number of ether oxygens (including phenoxy) is 1. The number of hydrogen-bond acceptors (Lipinski definition) is 4. The second-order valence-corrected chi connectivity index (χ2v) is 6.09. The lowest BCUT2D eigenvalue weighted by atomic mass is 9.87. The molecule has 1 aliphatic carbocycles. The van der Waals surface area contributed by atoms with E-state index in [9.17, 15) is 18.3 Å². The van der Waals surface area contributed by atoms with E-state index in [0.29, 0.717) is 12.8 Å². The molecule has 0 heterocycles. The van der Waals surface area contributed by atoms with E-state index in [4.69, 9.17) is 4.74 Å². The molecule has 106 valence electrons. The monoisotopic (exact) mass is 280 g/mol. The molecule has 0 bridgehead atoms. The van der Waals surface area contributed by atoms with Crippen molar-refractivity contribution in [2.75, 3.05) is 26.8 Å². The molecule has 0 aromatic heterocycles. The highest BCUT2D eigenvalue weighted by atomic mass is 32.2. The van der Waals surface area contributed by atoms with Crippen LogP contribution in [0.4, 0.5) is 0 Å². The Labute approximate surface area is 107 Å². The summed E-state index contributed by atoms with van der Waals surface area (Å²) in [5, 5.41) is 9.20. The Balaban J connectivity index is 2.49. The van der Waals surface area contributed by atoms with Gasteiger partial charge in [0.1, 0.15) is 0 Å². The highest BCUT2D eigenvalue weighted by Crippen LogP contribution is 2.37. The molecule has 0 unspecified atom stereocenters. The molecule has 18 heavy (non-hydrogen) atoms. The van der Waals surface area contributed by atoms with Gasteiger partial charge in [-0.05, 0) is 12.8 Å². The van der Waals surface area contributed by atoms with Gasteiger partial charge in [-0.1, -0.05) is 12.8 Å². The van der Waals surface area contributed by atoms with Crippen LogP contribution < -0.4 is 9.44 Å². The summed E-state index contributed by atoms with van der Waals surface area (Å²) in [7, 11) is -2.18. The van der Waals surface area contributed by atoms with Crippen LogP contribution in [0.3, 0.4) is 0 Å². The first-order chi connectivity index (χ1) is 8.42. The van der Waals surface area contributed by atoms with Crippen molar-refractivity contribution in [2.45, 2.75) is 25.7 Å².